The molecule has 0 atom stereocenters. The van der Waals surface area contributed by atoms with Crippen LogP contribution >= 0.6 is 11.6 Å². The number of ketones is 1. The topological polar surface area (TPSA) is 43.1 Å². The van der Waals surface area contributed by atoms with Crippen LogP contribution in [0.4, 0.5) is 10.1 Å². The third kappa shape index (κ3) is 3.55. The summed E-state index contributed by atoms with van der Waals surface area (Å²) in [7, 11) is 0. The SMILES string of the molecule is Nc1cccc(CC(=O)Cc2cccc(Cl)c2F)c1. The van der Waals surface area contributed by atoms with E-state index in [2.05, 4.69) is 0 Å². The van der Waals surface area contributed by atoms with Crippen LogP contribution in [-0.4, -0.2) is 5.78 Å². The fraction of sp³-hybridized carbons (Fsp3) is 0.133. The number of Topliss-reactive ketones (excluding diaryl/α,β-unsaturated/α-hetero) is 1. The van der Waals surface area contributed by atoms with Gasteiger partial charge in [-0.25, -0.2) is 4.39 Å². The monoisotopic (exact) mass is 277 g/mol. The van der Waals surface area contributed by atoms with Gasteiger partial charge in [0.15, 0.2) is 0 Å². The Morgan fingerprint density at radius 2 is 1.89 bits per heavy atom. The quantitative estimate of drug-likeness (QED) is 0.870. The van der Waals surface area contributed by atoms with E-state index in [9.17, 15) is 9.18 Å². The Balaban J connectivity index is 2.08. The van der Waals surface area contributed by atoms with Crippen LogP contribution < -0.4 is 5.73 Å². The zero-order valence-electron chi connectivity index (χ0n) is 10.2. The van der Waals surface area contributed by atoms with Crippen molar-refractivity contribution >= 4 is 23.1 Å². The number of hydrogen-bond donors (Lipinski definition) is 1. The minimum Gasteiger partial charge on any atom is -0.399 e. The number of carbonyl (C=O) groups is 1. The van der Waals surface area contributed by atoms with Gasteiger partial charge in [-0.1, -0.05) is 35.9 Å². The number of halogens is 2. The van der Waals surface area contributed by atoms with Gasteiger partial charge in [-0.15, -0.1) is 0 Å². The lowest BCUT2D eigenvalue weighted by atomic mass is 10.0. The van der Waals surface area contributed by atoms with Gasteiger partial charge < -0.3 is 5.73 Å². The summed E-state index contributed by atoms with van der Waals surface area (Å²) < 4.78 is 13.7. The molecule has 0 aliphatic carbocycles. The highest BCUT2D eigenvalue weighted by atomic mass is 35.5. The molecule has 2 aromatic carbocycles. The molecule has 98 valence electrons. The van der Waals surface area contributed by atoms with E-state index in [0.29, 0.717) is 11.3 Å². The predicted octanol–water partition coefficient (Wildman–Crippen LogP) is 3.42. The number of rotatable bonds is 4. The molecule has 2 rings (SSSR count). The van der Waals surface area contributed by atoms with Crippen LogP contribution in [0.25, 0.3) is 0 Å². The Morgan fingerprint density at radius 3 is 2.63 bits per heavy atom. The molecule has 0 aromatic heterocycles. The summed E-state index contributed by atoms with van der Waals surface area (Å²) in [6.07, 6.45) is 0.262. The van der Waals surface area contributed by atoms with E-state index < -0.39 is 5.82 Å². The van der Waals surface area contributed by atoms with Crippen LogP contribution in [0.1, 0.15) is 11.1 Å². The van der Waals surface area contributed by atoms with Crippen LogP contribution in [0.5, 0.6) is 0 Å². The first kappa shape index (κ1) is 13.6. The Hall–Kier alpha value is -1.87. The van der Waals surface area contributed by atoms with E-state index in [0.717, 1.165) is 5.56 Å². The zero-order valence-corrected chi connectivity index (χ0v) is 11.0. The van der Waals surface area contributed by atoms with Crippen molar-refractivity contribution in [2.75, 3.05) is 5.73 Å². The number of hydrogen-bond acceptors (Lipinski definition) is 2. The van der Waals surface area contributed by atoms with E-state index in [-0.39, 0.29) is 23.6 Å². The molecule has 0 amide bonds. The van der Waals surface area contributed by atoms with Crippen LogP contribution in [0.15, 0.2) is 42.5 Å². The standard InChI is InChI=1S/C15H13ClFNO/c16-14-6-2-4-11(15(14)17)9-13(19)8-10-3-1-5-12(18)7-10/h1-7H,8-9,18H2. The Labute approximate surface area is 116 Å². The summed E-state index contributed by atoms with van der Waals surface area (Å²) in [6.45, 7) is 0. The summed E-state index contributed by atoms with van der Waals surface area (Å²) in [4.78, 5) is 11.9. The second kappa shape index (κ2) is 5.85. The molecular formula is C15H13ClFNO. The minimum atomic E-state index is -0.523. The first-order valence-corrected chi connectivity index (χ1v) is 6.23. The van der Waals surface area contributed by atoms with Crippen molar-refractivity contribution in [3.63, 3.8) is 0 Å². The Kier molecular flexibility index (Phi) is 4.17. The molecule has 2 aromatic rings. The molecule has 0 aliphatic heterocycles. The molecule has 0 aliphatic rings. The second-order valence-corrected chi connectivity index (χ2v) is 4.76. The average molecular weight is 278 g/mol. The average Bonchev–Trinajstić information content (AvgIpc) is 2.35. The highest BCUT2D eigenvalue weighted by Crippen LogP contribution is 2.19. The number of nitrogen functional groups attached to an aromatic ring is 1. The zero-order chi connectivity index (χ0) is 13.8. The normalized spacial score (nSPS) is 10.4. The third-order valence-corrected chi connectivity index (χ3v) is 3.06. The fourth-order valence-electron chi connectivity index (χ4n) is 1.89. The van der Waals surface area contributed by atoms with E-state index in [1.807, 2.05) is 6.07 Å². The molecule has 0 fully saturated rings. The summed E-state index contributed by atoms with van der Waals surface area (Å²) in [6, 6.07) is 11.8. The van der Waals surface area contributed by atoms with E-state index >= 15 is 0 Å². The summed E-state index contributed by atoms with van der Waals surface area (Å²) in [5.74, 6) is -0.600. The molecule has 0 unspecified atom stereocenters. The number of nitrogens with two attached hydrogens (primary N) is 1. The van der Waals surface area contributed by atoms with Crippen LogP contribution in [0.2, 0.25) is 5.02 Å². The van der Waals surface area contributed by atoms with Crippen LogP contribution in [0, 0.1) is 5.82 Å². The van der Waals surface area contributed by atoms with Gasteiger partial charge in [-0.2, -0.15) is 0 Å². The molecule has 0 saturated carbocycles. The van der Waals surface area contributed by atoms with Gasteiger partial charge in [-0.3, -0.25) is 4.79 Å². The molecule has 4 heteroatoms. The molecule has 2 N–H and O–H groups in total. The number of benzene rings is 2. The van der Waals surface area contributed by atoms with Crippen LogP contribution in [-0.2, 0) is 17.6 Å². The summed E-state index contributed by atoms with van der Waals surface area (Å²) in [5.41, 5.74) is 7.40. The molecule has 0 spiro atoms. The van der Waals surface area contributed by atoms with Gasteiger partial charge in [0, 0.05) is 18.5 Å². The van der Waals surface area contributed by atoms with E-state index in [1.165, 1.54) is 6.07 Å². The van der Waals surface area contributed by atoms with E-state index in [1.54, 1.807) is 30.3 Å². The second-order valence-electron chi connectivity index (χ2n) is 4.35. The largest absolute Gasteiger partial charge is 0.399 e. The first-order chi connectivity index (χ1) is 9.06. The first-order valence-electron chi connectivity index (χ1n) is 5.85. The molecule has 19 heavy (non-hydrogen) atoms. The Morgan fingerprint density at radius 1 is 1.16 bits per heavy atom. The van der Waals surface area contributed by atoms with Gasteiger partial charge in [0.05, 0.1) is 5.02 Å². The van der Waals surface area contributed by atoms with Gasteiger partial charge >= 0.3 is 0 Å². The molecule has 0 radical (unpaired) electrons. The lowest BCUT2D eigenvalue weighted by molar-refractivity contribution is -0.117. The lowest BCUT2D eigenvalue weighted by Crippen LogP contribution is -2.08. The summed E-state index contributed by atoms with van der Waals surface area (Å²) in [5, 5.41) is 0.0363. The van der Waals surface area contributed by atoms with Gasteiger partial charge in [-0.05, 0) is 29.3 Å². The molecule has 0 bridgehead atoms. The smallest absolute Gasteiger partial charge is 0.145 e. The number of carbonyl (C=O) groups excluding carboxylic acids is 1. The maximum atomic E-state index is 13.7. The van der Waals surface area contributed by atoms with E-state index in [4.69, 9.17) is 17.3 Å². The minimum absolute atomic E-state index is 0.0290. The van der Waals surface area contributed by atoms with Crippen molar-refractivity contribution in [3.8, 4) is 0 Å². The Bertz CT molecular complexity index is 613. The van der Waals surface area contributed by atoms with Gasteiger partial charge in [0.1, 0.15) is 11.6 Å². The molecular weight excluding hydrogens is 265 g/mol. The van der Waals surface area contributed by atoms with Crippen molar-refractivity contribution in [2.45, 2.75) is 12.8 Å². The maximum absolute atomic E-state index is 13.7. The van der Waals surface area contributed by atoms with Crippen molar-refractivity contribution in [1.82, 2.24) is 0 Å². The lowest BCUT2D eigenvalue weighted by Gasteiger charge is -2.05. The molecule has 0 saturated heterocycles. The third-order valence-electron chi connectivity index (χ3n) is 2.77. The summed E-state index contributed by atoms with van der Waals surface area (Å²) >= 11 is 5.68. The van der Waals surface area contributed by atoms with Crippen LogP contribution in [0.3, 0.4) is 0 Å². The highest BCUT2D eigenvalue weighted by molar-refractivity contribution is 6.30. The van der Waals surface area contributed by atoms with Gasteiger partial charge in [0.2, 0.25) is 0 Å². The maximum Gasteiger partial charge on any atom is 0.145 e. The van der Waals surface area contributed by atoms with Crippen molar-refractivity contribution in [2.24, 2.45) is 0 Å². The number of anilines is 1. The predicted molar refractivity (Wildman–Crippen MR) is 74.7 cm³/mol. The molecule has 2 nitrogen and oxygen atoms in total. The van der Waals surface area contributed by atoms with Crippen molar-refractivity contribution in [3.05, 3.63) is 64.4 Å². The van der Waals surface area contributed by atoms with Gasteiger partial charge in [0.25, 0.3) is 0 Å². The van der Waals surface area contributed by atoms with Crippen molar-refractivity contribution in [1.29, 1.82) is 0 Å². The molecule has 0 heterocycles. The fourth-order valence-corrected chi connectivity index (χ4v) is 2.08. The van der Waals surface area contributed by atoms with Crippen molar-refractivity contribution < 1.29 is 9.18 Å². The highest BCUT2D eigenvalue weighted by Gasteiger charge is 2.11.